The molecule has 0 radical (unpaired) electrons. The van der Waals surface area contributed by atoms with Gasteiger partial charge >= 0.3 is 6.18 Å². The third-order valence-electron chi connectivity index (χ3n) is 2.64. The van der Waals surface area contributed by atoms with Gasteiger partial charge in [0, 0.05) is 13.1 Å². The zero-order valence-electron chi connectivity index (χ0n) is 10.8. The van der Waals surface area contributed by atoms with Crippen LogP contribution in [0.5, 0.6) is 0 Å². The summed E-state index contributed by atoms with van der Waals surface area (Å²) in [7, 11) is 0. The Hall–Kier alpha value is -1.56. The molecule has 1 aromatic rings. The number of nitrogens with one attached hydrogen (secondary N) is 2. The Morgan fingerprint density at radius 2 is 1.84 bits per heavy atom. The SMILES string of the molecule is CCNC(=O)C(C)NCc1ccc(C(F)(F)F)cc1. The average molecular weight is 274 g/mol. The van der Waals surface area contributed by atoms with E-state index in [0.29, 0.717) is 18.7 Å². The van der Waals surface area contributed by atoms with Crippen molar-refractivity contribution >= 4 is 5.91 Å². The van der Waals surface area contributed by atoms with E-state index in [-0.39, 0.29) is 11.9 Å². The molecule has 0 saturated heterocycles. The maximum absolute atomic E-state index is 12.4. The van der Waals surface area contributed by atoms with Crippen LogP contribution < -0.4 is 10.6 Å². The lowest BCUT2D eigenvalue weighted by Gasteiger charge is -2.13. The largest absolute Gasteiger partial charge is 0.416 e. The number of carbonyl (C=O) groups is 1. The Balaban J connectivity index is 2.53. The molecule has 1 amide bonds. The third-order valence-corrected chi connectivity index (χ3v) is 2.64. The molecule has 106 valence electrons. The summed E-state index contributed by atoms with van der Waals surface area (Å²) in [5.41, 5.74) is 0.0252. The van der Waals surface area contributed by atoms with Gasteiger partial charge in [0.1, 0.15) is 0 Å². The fourth-order valence-corrected chi connectivity index (χ4v) is 1.50. The highest BCUT2D eigenvalue weighted by Gasteiger charge is 2.29. The van der Waals surface area contributed by atoms with Crippen LogP contribution in [-0.4, -0.2) is 18.5 Å². The topological polar surface area (TPSA) is 41.1 Å². The van der Waals surface area contributed by atoms with Crippen LogP contribution in [-0.2, 0) is 17.5 Å². The predicted molar refractivity (Wildman–Crippen MR) is 66.4 cm³/mol. The quantitative estimate of drug-likeness (QED) is 0.865. The minimum atomic E-state index is -4.32. The van der Waals surface area contributed by atoms with Gasteiger partial charge in [0.25, 0.3) is 0 Å². The van der Waals surface area contributed by atoms with Crippen molar-refractivity contribution in [1.29, 1.82) is 0 Å². The number of carbonyl (C=O) groups excluding carboxylic acids is 1. The van der Waals surface area contributed by atoms with Crippen molar-refractivity contribution in [3.63, 3.8) is 0 Å². The molecule has 0 heterocycles. The molecule has 0 spiro atoms. The van der Waals surface area contributed by atoms with Crippen molar-refractivity contribution in [2.75, 3.05) is 6.54 Å². The number of hydrogen-bond acceptors (Lipinski definition) is 2. The van der Waals surface area contributed by atoms with Crippen LogP contribution in [0.3, 0.4) is 0 Å². The summed E-state index contributed by atoms with van der Waals surface area (Å²) in [6.45, 7) is 4.41. The first-order valence-corrected chi connectivity index (χ1v) is 6.01. The predicted octanol–water partition coefficient (Wildman–Crippen LogP) is 2.32. The maximum atomic E-state index is 12.4. The van der Waals surface area contributed by atoms with Crippen molar-refractivity contribution in [2.24, 2.45) is 0 Å². The second-order valence-electron chi connectivity index (χ2n) is 4.19. The van der Waals surface area contributed by atoms with E-state index in [9.17, 15) is 18.0 Å². The number of benzene rings is 1. The van der Waals surface area contributed by atoms with Gasteiger partial charge in [-0.3, -0.25) is 4.79 Å². The molecule has 1 atom stereocenters. The molecule has 0 saturated carbocycles. The van der Waals surface area contributed by atoms with Crippen molar-refractivity contribution in [1.82, 2.24) is 10.6 Å². The fraction of sp³-hybridized carbons (Fsp3) is 0.462. The summed E-state index contributed by atoms with van der Waals surface area (Å²) in [4.78, 5) is 11.4. The van der Waals surface area contributed by atoms with E-state index in [2.05, 4.69) is 10.6 Å². The van der Waals surface area contributed by atoms with Crippen LogP contribution in [0.2, 0.25) is 0 Å². The Morgan fingerprint density at radius 1 is 1.26 bits per heavy atom. The van der Waals surface area contributed by atoms with Gasteiger partial charge in [0.15, 0.2) is 0 Å². The first-order chi connectivity index (χ1) is 8.84. The smallest absolute Gasteiger partial charge is 0.355 e. The van der Waals surface area contributed by atoms with Crippen LogP contribution in [0.25, 0.3) is 0 Å². The van der Waals surface area contributed by atoms with Crippen molar-refractivity contribution in [3.05, 3.63) is 35.4 Å². The molecule has 2 N–H and O–H groups in total. The number of likely N-dealkylation sites (N-methyl/N-ethyl adjacent to an activating group) is 1. The van der Waals surface area contributed by atoms with E-state index >= 15 is 0 Å². The van der Waals surface area contributed by atoms with Gasteiger partial charge in [0.2, 0.25) is 5.91 Å². The summed E-state index contributed by atoms with van der Waals surface area (Å²) >= 11 is 0. The van der Waals surface area contributed by atoms with Gasteiger partial charge in [-0.25, -0.2) is 0 Å². The summed E-state index contributed by atoms with van der Waals surface area (Å²) in [5, 5.41) is 5.61. The van der Waals surface area contributed by atoms with E-state index in [1.54, 1.807) is 6.92 Å². The minimum Gasteiger partial charge on any atom is -0.355 e. The van der Waals surface area contributed by atoms with Crippen LogP contribution in [0.1, 0.15) is 25.0 Å². The molecule has 0 aliphatic rings. The second-order valence-corrected chi connectivity index (χ2v) is 4.19. The molecule has 0 aliphatic heterocycles. The Morgan fingerprint density at radius 3 is 2.32 bits per heavy atom. The molecule has 0 bridgehead atoms. The van der Waals surface area contributed by atoms with Gasteiger partial charge in [-0.15, -0.1) is 0 Å². The molecule has 1 aromatic carbocycles. The van der Waals surface area contributed by atoms with Gasteiger partial charge in [-0.2, -0.15) is 13.2 Å². The molecule has 0 aliphatic carbocycles. The van der Waals surface area contributed by atoms with Gasteiger partial charge in [-0.05, 0) is 31.5 Å². The van der Waals surface area contributed by atoms with E-state index in [0.717, 1.165) is 12.1 Å². The summed E-state index contributed by atoms with van der Waals surface area (Å²) in [5.74, 6) is -0.130. The highest BCUT2D eigenvalue weighted by molar-refractivity contribution is 5.81. The summed E-state index contributed by atoms with van der Waals surface area (Å²) in [6, 6.07) is 4.49. The molecular weight excluding hydrogens is 257 g/mol. The van der Waals surface area contributed by atoms with E-state index < -0.39 is 11.7 Å². The van der Waals surface area contributed by atoms with Gasteiger partial charge < -0.3 is 10.6 Å². The van der Waals surface area contributed by atoms with Crippen LogP contribution in [0.15, 0.2) is 24.3 Å². The summed E-state index contributed by atoms with van der Waals surface area (Å²) in [6.07, 6.45) is -4.32. The molecule has 6 heteroatoms. The minimum absolute atomic E-state index is 0.130. The molecule has 0 aromatic heterocycles. The zero-order valence-corrected chi connectivity index (χ0v) is 10.8. The molecule has 1 unspecified atom stereocenters. The first kappa shape index (κ1) is 15.5. The lowest BCUT2D eigenvalue weighted by atomic mass is 10.1. The maximum Gasteiger partial charge on any atom is 0.416 e. The van der Waals surface area contributed by atoms with Gasteiger partial charge in [-0.1, -0.05) is 12.1 Å². The van der Waals surface area contributed by atoms with E-state index in [1.807, 2.05) is 6.92 Å². The monoisotopic (exact) mass is 274 g/mol. The van der Waals surface area contributed by atoms with E-state index in [1.165, 1.54) is 12.1 Å². The number of amides is 1. The number of halogens is 3. The number of alkyl halides is 3. The normalized spacial score (nSPS) is 13.1. The Bertz CT molecular complexity index is 415. The molecule has 1 rings (SSSR count). The van der Waals surface area contributed by atoms with Crippen LogP contribution >= 0.6 is 0 Å². The first-order valence-electron chi connectivity index (χ1n) is 6.01. The zero-order chi connectivity index (χ0) is 14.5. The number of hydrogen-bond donors (Lipinski definition) is 2. The van der Waals surface area contributed by atoms with Crippen molar-refractivity contribution < 1.29 is 18.0 Å². The van der Waals surface area contributed by atoms with Gasteiger partial charge in [0.05, 0.1) is 11.6 Å². The fourth-order valence-electron chi connectivity index (χ4n) is 1.50. The highest BCUT2D eigenvalue weighted by atomic mass is 19.4. The lowest BCUT2D eigenvalue weighted by molar-refractivity contribution is -0.137. The Kier molecular flexibility index (Phi) is 5.35. The number of rotatable bonds is 5. The third kappa shape index (κ3) is 4.90. The molecule has 0 fully saturated rings. The Labute approximate surface area is 110 Å². The average Bonchev–Trinajstić information content (AvgIpc) is 2.35. The van der Waals surface area contributed by atoms with Crippen molar-refractivity contribution in [3.8, 4) is 0 Å². The van der Waals surface area contributed by atoms with E-state index in [4.69, 9.17) is 0 Å². The van der Waals surface area contributed by atoms with Crippen LogP contribution in [0, 0.1) is 0 Å². The molecular formula is C13H17F3N2O. The molecule has 3 nitrogen and oxygen atoms in total. The molecule has 19 heavy (non-hydrogen) atoms. The lowest BCUT2D eigenvalue weighted by Crippen LogP contribution is -2.41. The summed E-state index contributed by atoms with van der Waals surface area (Å²) < 4.78 is 37.1. The van der Waals surface area contributed by atoms with Crippen molar-refractivity contribution in [2.45, 2.75) is 32.6 Å². The standard InChI is InChI=1S/C13H17F3N2O/c1-3-17-12(19)9(2)18-8-10-4-6-11(7-5-10)13(14,15)16/h4-7,9,18H,3,8H2,1-2H3,(H,17,19). The second kappa shape index (κ2) is 6.56. The highest BCUT2D eigenvalue weighted by Crippen LogP contribution is 2.28. The van der Waals surface area contributed by atoms with Crippen LogP contribution in [0.4, 0.5) is 13.2 Å².